The molecule has 158 valence electrons. The number of nitrogens with one attached hydrogen (secondary N) is 1. The largest absolute Gasteiger partial charge is 0.476 e. The predicted octanol–water partition coefficient (Wildman–Crippen LogP) is 3.28. The van der Waals surface area contributed by atoms with Crippen molar-refractivity contribution in [1.29, 1.82) is 0 Å². The summed E-state index contributed by atoms with van der Waals surface area (Å²) in [5.41, 5.74) is 8.51. The van der Waals surface area contributed by atoms with E-state index in [0.717, 1.165) is 64.1 Å². The predicted molar refractivity (Wildman–Crippen MR) is 118 cm³/mol. The third kappa shape index (κ3) is 7.63. The molecule has 2 aromatic rings. The lowest BCUT2D eigenvalue weighted by Crippen LogP contribution is -2.33. The number of nitrogens with two attached hydrogens (primary N) is 1. The van der Waals surface area contributed by atoms with Crippen molar-refractivity contribution in [3.8, 4) is 5.88 Å². The maximum absolute atomic E-state index is 5.96. The Morgan fingerprint density at radius 3 is 2.93 bits per heavy atom. The van der Waals surface area contributed by atoms with Crippen LogP contribution in [0.15, 0.2) is 36.5 Å². The molecule has 0 unspecified atom stereocenters. The summed E-state index contributed by atoms with van der Waals surface area (Å²) in [4.78, 5) is 11.5. The number of hydrogen-bond acceptors (Lipinski definition) is 6. The highest BCUT2D eigenvalue weighted by Gasteiger charge is 2.11. The van der Waals surface area contributed by atoms with Gasteiger partial charge in [0.25, 0.3) is 0 Å². The first-order valence-corrected chi connectivity index (χ1v) is 10.9. The third-order valence-electron chi connectivity index (χ3n) is 5.30. The Balaban J connectivity index is 1.40. The molecular weight excluding hydrogens is 362 g/mol. The van der Waals surface area contributed by atoms with Crippen molar-refractivity contribution in [3.63, 3.8) is 0 Å². The van der Waals surface area contributed by atoms with Crippen molar-refractivity contribution in [2.24, 2.45) is 5.73 Å². The molecule has 3 N–H and O–H groups in total. The van der Waals surface area contributed by atoms with Crippen LogP contribution in [0, 0.1) is 0 Å². The quantitative estimate of drug-likeness (QED) is 0.535. The highest BCUT2D eigenvalue weighted by Crippen LogP contribution is 2.20. The molecule has 29 heavy (non-hydrogen) atoms. The van der Waals surface area contributed by atoms with E-state index < -0.39 is 0 Å². The summed E-state index contributed by atoms with van der Waals surface area (Å²) in [5, 5.41) is 3.43. The zero-order chi connectivity index (χ0) is 20.3. The summed E-state index contributed by atoms with van der Waals surface area (Å²) >= 11 is 0. The summed E-state index contributed by atoms with van der Waals surface area (Å²) in [6, 6.07) is 10.4. The molecule has 0 aromatic carbocycles. The lowest BCUT2D eigenvalue weighted by molar-refractivity contribution is 0.198. The molecule has 0 radical (unpaired) electrons. The minimum Gasteiger partial charge on any atom is -0.476 e. The van der Waals surface area contributed by atoms with E-state index in [0.29, 0.717) is 12.5 Å². The fourth-order valence-corrected chi connectivity index (χ4v) is 3.58. The first-order chi connectivity index (χ1) is 14.2. The van der Waals surface area contributed by atoms with E-state index in [1.54, 1.807) is 6.20 Å². The van der Waals surface area contributed by atoms with E-state index in [4.69, 9.17) is 15.5 Å². The van der Waals surface area contributed by atoms with Crippen molar-refractivity contribution in [1.82, 2.24) is 14.9 Å². The molecule has 3 heterocycles. The van der Waals surface area contributed by atoms with Crippen LogP contribution in [0.25, 0.3) is 0 Å². The summed E-state index contributed by atoms with van der Waals surface area (Å²) < 4.78 is 5.77. The van der Waals surface area contributed by atoms with Crippen LogP contribution in [0.4, 0.5) is 5.82 Å². The standard InChI is InChI=1S/C23H35N5O/c1-19(24)12-16-28(17-18-29-22-9-2-4-13-25-22)15-5-3-8-21-11-10-20-7-6-14-26-23(20)27-21/h2,4,9-11,13,19H,3,5-8,12,14-18,24H2,1H3,(H,26,27)/t19-/m1/s1. The summed E-state index contributed by atoms with van der Waals surface area (Å²) in [6.45, 7) is 6.71. The molecule has 0 aliphatic carbocycles. The number of nitrogens with zero attached hydrogens (tertiary/aromatic N) is 3. The van der Waals surface area contributed by atoms with E-state index >= 15 is 0 Å². The van der Waals surface area contributed by atoms with Gasteiger partial charge in [0.15, 0.2) is 0 Å². The molecule has 0 amide bonds. The molecule has 1 aliphatic heterocycles. The number of hydrogen-bond donors (Lipinski definition) is 2. The monoisotopic (exact) mass is 397 g/mol. The lowest BCUT2D eigenvalue weighted by atomic mass is 10.1. The molecular formula is C23H35N5O. The zero-order valence-corrected chi connectivity index (χ0v) is 17.6. The second-order valence-electron chi connectivity index (χ2n) is 7.92. The Hall–Kier alpha value is -2.18. The SMILES string of the molecule is C[C@@H](N)CCN(CCCCc1ccc2c(n1)NCCC2)CCOc1ccccn1. The molecule has 0 spiro atoms. The average Bonchev–Trinajstić information content (AvgIpc) is 2.75. The van der Waals surface area contributed by atoms with Crippen LogP contribution in [0.3, 0.4) is 0 Å². The number of fused-ring (bicyclic) bond motifs is 1. The van der Waals surface area contributed by atoms with Gasteiger partial charge in [0.1, 0.15) is 12.4 Å². The Labute approximate surface area is 174 Å². The number of rotatable bonds is 12. The van der Waals surface area contributed by atoms with Crippen LogP contribution in [0.1, 0.15) is 43.9 Å². The fraction of sp³-hybridized carbons (Fsp3) is 0.565. The fourth-order valence-electron chi connectivity index (χ4n) is 3.58. The van der Waals surface area contributed by atoms with Crippen LogP contribution < -0.4 is 15.8 Å². The van der Waals surface area contributed by atoms with Gasteiger partial charge in [0.05, 0.1) is 0 Å². The maximum Gasteiger partial charge on any atom is 0.213 e. The molecule has 6 nitrogen and oxygen atoms in total. The summed E-state index contributed by atoms with van der Waals surface area (Å²) in [5.74, 6) is 1.78. The number of ether oxygens (including phenoxy) is 1. The van der Waals surface area contributed by atoms with E-state index in [1.165, 1.54) is 17.7 Å². The summed E-state index contributed by atoms with van der Waals surface area (Å²) in [7, 11) is 0. The van der Waals surface area contributed by atoms with E-state index in [-0.39, 0.29) is 6.04 Å². The first-order valence-electron chi connectivity index (χ1n) is 10.9. The number of aromatic nitrogens is 2. The van der Waals surface area contributed by atoms with Crippen molar-refractivity contribution in [2.45, 2.75) is 51.5 Å². The normalized spacial score (nSPS) is 14.3. The van der Waals surface area contributed by atoms with Crippen LogP contribution >= 0.6 is 0 Å². The minimum atomic E-state index is 0.224. The van der Waals surface area contributed by atoms with Crippen LogP contribution in [-0.2, 0) is 12.8 Å². The highest BCUT2D eigenvalue weighted by molar-refractivity contribution is 5.46. The molecule has 2 aromatic heterocycles. The Morgan fingerprint density at radius 1 is 1.17 bits per heavy atom. The van der Waals surface area contributed by atoms with E-state index in [1.807, 2.05) is 18.2 Å². The third-order valence-corrected chi connectivity index (χ3v) is 5.30. The van der Waals surface area contributed by atoms with Gasteiger partial charge in [-0.05, 0) is 76.2 Å². The van der Waals surface area contributed by atoms with Gasteiger partial charge in [-0.1, -0.05) is 12.1 Å². The van der Waals surface area contributed by atoms with Crippen molar-refractivity contribution >= 4 is 5.82 Å². The van der Waals surface area contributed by atoms with E-state index in [9.17, 15) is 0 Å². The highest BCUT2D eigenvalue weighted by atomic mass is 16.5. The number of unbranched alkanes of at least 4 members (excludes halogenated alkanes) is 1. The molecule has 1 aliphatic rings. The zero-order valence-electron chi connectivity index (χ0n) is 17.6. The van der Waals surface area contributed by atoms with Gasteiger partial charge in [0.2, 0.25) is 5.88 Å². The number of pyridine rings is 2. The van der Waals surface area contributed by atoms with Gasteiger partial charge in [-0.15, -0.1) is 0 Å². The second kappa shape index (κ2) is 11.7. The molecule has 0 bridgehead atoms. The molecule has 0 saturated heterocycles. The molecule has 6 heteroatoms. The van der Waals surface area contributed by atoms with Crippen LogP contribution in [0.5, 0.6) is 5.88 Å². The van der Waals surface area contributed by atoms with Gasteiger partial charge in [-0.3, -0.25) is 4.90 Å². The van der Waals surface area contributed by atoms with Crippen molar-refractivity contribution in [3.05, 3.63) is 47.8 Å². The van der Waals surface area contributed by atoms with Gasteiger partial charge in [-0.25, -0.2) is 9.97 Å². The molecule has 1 atom stereocenters. The minimum absolute atomic E-state index is 0.224. The van der Waals surface area contributed by atoms with Crippen LogP contribution in [-0.4, -0.2) is 53.7 Å². The average molecular weight is 398 g/mol. The Bertz CT molecular complexity index is 722. The summed E-state index contributed by atoms with van der Waals surface area (Å²) in [6.07, 6.45) is 8.42. The van der Waals surface area contributed by atoms with Gasteiger partial charge < -0.3 is 15.8 Å². The Morgan fingerprint density at radius 2 is 2.10 bits per heavy atom. The second-order valence-corrected chi connectivity index (χ2v) is 7.92. The number of anilines is 1. The van der Waals surface area contributed by atoms with Gasteiger partial charge >= 0.3 is 0 Å². The van der Waals surface area contributed by atoms with Gasteiger partial charge in [-0.2, -0.15) is 0 Å². The Kier molecular flexibility index (Phi) is 8.71. The molecule has 0 saturated carbocycles. The number of aryl methyl sites for hydroxylation is 2. The lowest BCUT2D eigenvalue weighted by Gasteiger charge is -2.23. The first kappa shape index (κ1) is 21.5. The van der Waals surface area contributed by atoms with Crippen LogP contribution in [0.2, 0.25) is 0 Å². The smallest absolute Gasteiger partial charge is 0.213 e. The van der Waals surface area contributed by atoms with Crippen molar-refractivity contribution < 1.29 is 4.74 Å². The molecule has 0 fully saturated rings. The van der Waals surface area contributed by atoms with Crippen molar-refractivity contribution in [2.75, 3.05) is 38.1 Å². The maximum atomic E-state index is 5.96. The topological polar surface area (TPSA) is 76.3 Å². The molecule has 3 rings (SSSR count). The van der Waals surface area contributed by atoms with E-state index in [2.05, 4.69) is 34.3 Å². The van der Waals surface area contributed by atoms with Gasteiger partial charge in [0, 0.05) is 37.1 Å².